The van der Waals surface area contributed by atoms with Crippen molar-refractivity contribution >= 4 is 23.1 Å². The van der Waals surface area contributed by atoms with Gasteiger partial charge in [-0.05, 0) is 31.2 Å². The molecule has 1 aromatic heterocycles. The number of nitrogens with zero attached hydrogens (tertiary/aromatic N) is 2. The number of aryl methyl sites for hydroxylation is 1. The Bertz CT molecular complexity index is 902. The first kappa shape index (κ1) is 16.6. The van der Waals surface area contributed by atoms with Crippen LogP contribution in [0.2, 0.25) is 0 Å². The normalized spacial score (nSPS) is 10.4. The van der Waals surface area contributed by atoms with E-state index in [2.05, 4.69) is 20.6 Å². The minimum Gasteiger partial charge on any atom is -0.495 e. The monoisotopic (exact) mass is 342 g/mol. The van der Waals surface area contributed by atoms with Crippen LogP contribution in [0.15, 0.2) is 48.5 Å². The molecule has 0 radical (unpaired) electrons. The largest absolute Gasteiger partial charge is 0.495 e. The third kappa shape index (κ3) is 4.00. The number of para-hydroxylation sites is 2. The highest BCUT2D eigenvalue weighted by Gasteiger charge is 2.08. The predicted octanol–water partition coefficient (Wildman–Crippen LogP) is 4.56. The minimum absolute atomic E-state index is 0.267. The SMILES string of the molecule is COc1ccccc1Nc1cc(C)nc(Nc2ccc(F)c(F)c2)n1. The summed E-state index contributed by atoms with van der Waals surface area (Å²) in [5, 5.41) is 6.03. The molecular weight excluding hydrogens is 326 g/mol. The van der Waals surface area contributed by atoms with Crippen molar-refractivity contribution in [3.05, 3.63) is 65.9 Å². The zero-order valence-electron chi connectivity index (χ0n) is 13.7. The van der Waals surface area contributed by atoms with Crippen LogP contribution in [0, 0.1) is 18.6 Å². The molecule has 0 saturated carbocycles. The summed E-state index contributed by atoms with van der Waals surface area (Å²) >= 11 is 0. The van der Waals surface area contributed by atoms with E-state index in [9.17, 15) is 8.78 Å². The van der Waals surface area contributed by atoms with Crippen molar-refractivity contribution in [1.29, 1.82) is 0 Å². The van der Waals surface area contributed by atoms with Gasteiger partial charge in [-0.15, -0.1) is 0 Å². The maximum atomic E-state index is 13.3. The summed E-state index contributed by atoms with van der Waals surface area (Å²) in [6.45, 7) is 1.81. The first-order valence-electron chi connectivity index (χ1n) is 7.53. The van der Waals surface area contributed by atoms with Crippen molar-refractivity contribution in [3.63, 3.8) is 0 Å². The van der Waals surface area contributed by atoms with E-state index in [0.717, 1.165) is 17.8 Å². The average molecular weight is 342 g/mol. The van der Waals surface area contributed by atoms with Crippen LogP contribution in [-0.4, -0.2) is 17.1 Å². The van der Waals surface area contributed by atoms with Gasteiger partial charge in [0.2, 0.25) is 5.95 Å². The molecule has 0 atom stereocenters. The van der Waals surface area contributed by atoms with E-state index in [0.29, 0.717) is 22.9 Å². The summed E-state index contributed by atoms with van der Waals surface area (Å²) in [7, 11) is 1.59. The molecule has 0 aliphatic heterocycles. The number of benzene rings is 2. The Kier molecular flexibility index (Phi) is 4.74. The molecule has 0 fully saturated rings. The van der Waals surface area contributed by atoms with E-state index in [1.165, 1.54) is 6.07 Å². The van der Waals surface area contributed by atoms with Gasteiger partial charge >= 0.3 is 0 Å². The zero-order valence-corrected chi connectivity index (χ0v) is 13.7. The molecule has 2 N–H and O–H groups in total. The van der Waals surface area contributed by atoms with E-state index in [1.807, 2.05) is 31.2 Å². The summed E-state index contributed by atoms with van der Waals surface area (Å²) in [5.74, 6) is -0.362. The molecule has 0 aliphatic rings. The van der Waals surface area contributed by atoms with E-state index >= 15 is 0 Å². The topological polar surface area (TPSA) is 59.1 Å². The van der Waals surface area contributed by atoms with Crippen molar-refractivity contribution in [3.8, 4) is 5.75 Å². The van der Waals surface area contributed by atoms with Gasteiger partial charge in [0.25, 0.3) is 0 Å². The van der Waals surface area contributed by atoms with Gasteiger partial charge < -0.3 is 15.4 Å². The molecule has 2 aromatic carbocycles. The van der Waals surface area contributed by atoms with Crippen LogP contribution in [0.4, 0.5) is 31.9 Å². The summed E-state index contributed by atoms with van der Waals surface area (Å²) < 4.78 is 31.7. The van der Waals surface area contributed by atoms with Crippen LogP contribution in [0.5, 0.6) is 5.75 Å². The molecule has 0 bridgehead atoms. The van der Waals surface area contributed by atoms with Crippen molar-refractivity contribution < 1.29 is 13.5 Å². The van der Waals surface area contributed by atoms with Gasteiger partial charge in [-0.2, -0.15) is 4.98 Å². The molecule has 128 valence electrons. The molecule has 1 heterocycles. The number of ether oxygens (including phenoxy) is 1. The number of aromatic nitrogens is 2. The van der Waals surface area contributed by atoms with Gasteiger partial charge in [0.1, 0.15) is 11.6 Å². The number of nitrogens with one attached hydrogen (secondary N) is 2. The Labute approximate surface area is 143 Å². The fraction of sp³-hybridized carbons (Fsp3) is 0.111. The molecule has 3 aromatic rings. The molecule has 0 spiro atoms. The first-order chi connectivity index (χ1) is 12.0. The van der Waals surface area contributed by atoms with Crippen molar-refractivity contribution in [1.82, 2.24) is 9.97 Å². The molecule has 0 saturated heterocycles. The summed E-state index contributed by atoms with van der Waals surface area (Å²) in [6.07, 6.45) is 0. The third-order valence-electron chi connectivity index (χ3n) is 3.40. The van der Waals surface area contributed by atoms with E-state index in [1.54, 1.807) is 13.2 Å². The second kappa shape index (κ2) is 7.12. The highest BCUT2D eigenvalue weighted by Crippen LogP contribution is 2.27. The van der Waals surface area contributed by atoms with Crippen LogP contribution in [-0.2, 0) is 0 Å². The Morgan fingerprint density at radius 3 is 2.48 bits per heavy atom. The van der Waals surface area contributed by atoms with Crippen LogP contribution < -0.4 is 15.4 Å². The van der Waals surface area contributed by atoms with E-state index in [-0.39, 0.29) is 5.95 Å². The van der Waals surface area contributed by atoms with E-state index < -0.39 is 11.6 Å². The van der Waals surface area contributed by atoms with Gasteiger partial charge in [-0.3, -0.25) is 0 Å². The lowest BCUT2D eigenvalue weighted by Crippen LogP contribution is -2.03. The standard InChI is InChI=1S/C18H16F2N4O/c1-11-9-17(23-15-5-3-4-6-16(15)25-2)24-18(21-11)22-12-7-8-13(19)14(20)10-12/h3-10H,1-2H3,(H2,21,22,23,24). The lowest BCUT2D eigenvalue weighted by atomic mass is 10.3. The van der Waals surface area contributed by atoms with E-state index in [4.69, 9.17) is 4.74 Å². The van der Waals surface area contributed by atoms with Crippen LogP contribution in [0.3, 0.4) is 0 Å². The molecule has 0 unspecified atom stereocenters. The Hall–Kier alpha value is -3.22. The minimum atomic E-state index is -0.940. The number of hydrogen-bond donors (Lipinski definition) is 2. The van der Waals surface area contributed by atoms with Gasteiger partial charge in [0.05, 0.1) is 12.8 Å². The van der Waals surface area contributed by atoms with Crippen LogP contribution in [0.1, 0.15) is 5.69 Å². The van der Waals surface area contributed by atoms with Crippen LogP contribution >= 0.6 is 0 Å². The molecule has 0 amide bonds. The fourth-order valence-electron chi connectivity index (χ4n) is 2.28. The number of anilines is 4. The van der Waals surface area contributed by atoms with Crippen molar-refractivity contribution in [2.75, 3.05) is 17.7 Å². The number of methoxy groups -OCH3 is 1. The molecule has 3 rings (SSSR count). The highest BCUT2D eigenvalue weighted by molar-refractivity contribution is 5.65. The lowest BCUT2D eigenvalue weighted by molar-refractivity contribution is 0.417. The Morgan fingerprint density at radius 2 is 1.72 bits per heavy atom. The van der Waals surface area contributed by atoms with Crippen molar-refractivity contribution in [2.45, 2.75) is 6.92 Å². The number of hydrogen-bond acceptors (Lipinski definition) is 5. The molecular formula is C18H16F2N4O. The predicted molar refractivity (Wildman–Crippen MR) is 92.7 cm³/mol. The lowest BCUT2D eigenvalue weighted by Gasteiger charge is -2.12. The molecule has 25 heavy (non-hydrogen) atoms. The first-order valence-corrected chi connectivity index (χ1v) is 7.53. The third-order valence-corrected chi connectivity index (χ3v) is 3.40. The summed E-state index contributed by atoms with van der Waals surface area (Å²) in [6, 6.07) is 12.7. The number of rotatable bonds is 5. The zero-order chi connectivity index (χ0) is 17.8. The van der Waals surface area contributed by atoms with Gasteiger partial charge in [0.15, 0.2) is 11.6 Å². The highest BCUT2D eigenvalue weighted by atomic mass is 19.2. The molecule has 0 aliphatic carbocycles. The maximum absolute atomic E-state index is 13.3. The van der Waals surface area contributed by atoms with Gasteiger partial charge in [0, 0.05) is 23.5 Å². The number of halogens is 2. The Morgan fingerprint density at radius 1 is 0.920 bits per heavy atom. The van der Waals surface area contributed by atoms with Gasteiger partial charge in [-0.1, -0.05) is 12.1 Å². The summed E-state index contributed by atoms with van der Waals surface area (Å²) in [5.41, 5.74) is 1.81. The second-order valence-corrected chi connectivity index (χ2v) is 5.30. The quantitative estimate of drug-likeness (QED) is 0.712. The smallest absolute Gasteiger partial charge is 0.229 e. The Balaban J connectivity index is 1.86. The fourth-order valence-corrected chi connectivity index (χ4v) is 2.28. The molecule has 7 heteroatoms. The average Bonchev–Trinajstić information content (AvgIpc) is 2.58. The van der Waals surface area contributed by atoms with Gasteiger partial charge in [-0.25, -0.2) is 13.8 Å². The maximum Gasteiger partial charge on any atom is 0.229 e. The summed E-state index contributed by atoms with van der Waals surface area (Å²) in [4.78, 5) is 8.60. The van der Waals surface area contributed by atoms with Crippen molar-refractivity contribution in [2.24, 2.45) is 0 Å². The van der Waals surface area contributed by atoms with Crippen LogP contribution in [0.25, 0.3) is 0 Å². The molecule has 5 nitrogen and oxygen atoms in total. The second-order valence-electron chi connectivity index (χ2n) is 5.30.